The molecule has 0 unspecified atom stereocenters. The van der Waals surface area contributed by atoms with Gasteiger partial charge in [-0.25, -0.2) is 20.0 Å². The van der Waals surface area contributed by atoms with E-state index >= 15 is 0 Å². The molecule has 4 heteroatoms. The molecule has 12 bridgehead atoms. The number of hydrogen-bond acceptors (Lipinski definition) is 4. The summed E-state index contributed by atoms with van der Waals surface area (Å²) >= 11 is 0. The zero-order valence-electron chi connectivity index (χ0n) is 23.1. The molecule has 0 fully saturated rings. The zero-order chi connectivity index (χ0) is 28.1. The van der Waals surface area contributed by atoms with Crippen molar-refractivity contribution in [2.24, 2.45) is 20.0 Å². The van der Waals surface area contributed by atoms with Crippen LogP contribution in [0.4, 0.5) is 22.7 Å². The van der Waals surface area contributed by atoms with E-state index in [1.807, 2.05) is 48.5 Å². The first-order valence-corrected chi connectivity index (χ1v) is 14.1. The SMILES string of the molecule is c1cc2ccc1Cc1ccc(cc1)N=c1ccc(cc1)=Nc1ccc(cc1)Cc1ccc(cc1)N=c1ccc(cc1)=N2. The van der Waals surface area contributed by atoms with Crippen LogP contribution < -0.4 is 21.4 Å². The van der Waals surface area contributed by atoms with Crippen molar-refractivity contribution in [2.75, 3.05) is 0 Å². The van der Waals surface area contributed by atoms with Crippen molar-refractivity contribution in [3.63, 3.8) is 0 Å². The van der Waals surface area contributed by atoms with E-state index in [0.717, 1.165) is 57.0 Å². The summed E-state index contributed by atoms with van der Waals surface area (Å²) in [6.07, 6.45) is 1.71. The van der Waals surface area contributed by atoms with E-state index in [1.165, 1.54) is 22.3 Å². The number of nitrogens with zero attached hydrogens (tertiary/aromatic N) is 4. The van der Waals surface area contributed by atoms with Gasteiger partial charge in [0, 0.05) is 0 Å². The quantitative estimate of drug-likeness (QED) is 0.199. The molecule has 4 nitrogen and oxygen atoms in total. The maximum absolute atomic E-state index is 4.79. The highest BCUT2D eigenvalue weighted by molar-refractivity contribution is 5.45. The normalized spacial score (nSPS) is 12.4. The average Bonchev–Trinajstić information content (AvgIpc) is 3.03. The van der Waals surface area contributed by atoms with Crippen LogP contribution in [-0.4, -0.2) is 0 Å². The molecule has 0 saturated carbocycles. The van der Waals surface area contributed by atoms with Gasteiger partial charge in [0.25, 0.3) is 0 Å². The minimum Gasteiger partial charge on any atom is -0.249 e. The van der Waals surface area contributed by atoms with Gasteiger partial charge in [0.2, 0.25) is 0 Å². The lowest BCUT2D eigenvalue weighted by atomic mass is 10.0. The molecule has 42 heavy (non-hydrogen) atoms. The third-order valence-electron chi connectivity index (χ3n) is 7.29. The molecule has 0 aliphatic carbocycles. The Kier molecular flexibility index (Phi) is 7.01. The second kappa shape index (κ2) is 11.6. The summed E-state index contributed by atoms with van der Waals surface area (Å²) in [6.45, 7) is 0. The van der Waals surface area contributed by atoms with Crippen LogP contribution in [0.25, 0.3) is 0 Å². The molecular weight excluding hydrogens is 512 g/mol. The van der Waals surface area contributed by atoms with Crippen molar-refractivity contribution in [3.8, 4) is 0 Å². The monoisotopic (exact) mass is 540 g/mol. The molecule has 6 aromatic carbocycles. The van der Waals surface area contributed by atoms with Crippen LogP contribution in [0.5, 0.6) is 0 Å². The van der Waals surface area contributed by atoms with Crippen LogP contribution >= 0.6 is 0 Å². The third-order valence-corrected chi connectivity index (χ3v) is 7.29. The minimum atomic E-state index is 0.856. The molecule has 0 spiro atoms. The van der Waals surface area contributed by atoms with Crippen molar-refractivity contribution in [2.45, 2.75) is 12.8 Å². The van der Waals surface area contributed by atoms with E-state index in [1.54, 1.807) is 0 Å². The Balaban J connectivity index is 1.24. The summed E-state index contributed by atoms with van der Waals surface area (Å²) in [5.74, 6) is 0. The lowest BCUT2D eigenvalue weighted by Crippen LogP contribution is -2.06. The lowest BCUT2D eigenvalue weighted by molar-refractivity contribution is 1.18. The van der Waals surface area contributed by atoms with Crippen LogP contribution in [0.3, 0.4) is 0 Å². The Morgan fingerprint density at radius 2 is 0.429 bits per heavy atom. The summed E-state index contributed by atoms with van der Waals surface area (Å²) in [4.78, 5) is 19.2. The molecule has 0 radical (unpaired) electrons. The summed E-state index contributed by atoms with van der Waals surface area (Å²) in [7, 11) is 0. The van der Waals surface area contributed by atoms with Gasteiger partial charge >= 0.3 is 0 Å². The van der Waals surface area contributed by atoms with Crippen molar-refractivity contribution < 1.29 is 0 Å². The van der Waals surface area contributed by atoms with Gasteiger partial charge < -0.3 is 0 Å². The Morgan fingerprint density at radius 1 is 0.238 bits per heavy atom. The minimum absolute atomic E-state index is 0.856. The summed E-state index contributed by atoms with van der Waals surface area (Å²) < 4.78 is 0. The predicted molar refractivity (Wildman–Crippen MR) is 168 cm³/mol. The summed E-state index contributed by atoms with van der Waals surface area (Å²) in [5.41, 5.74) is 8.70. The van der Waals surface area contributed by atoms with Gasteiger partial charge in [-0.15, -0.1) is 0 Å². The highest BCUT2D eigenvalue weighted by Gasteiger charge is 2.00. The first-order chi connectivity index (χ1) is 20.7. The van der Waals surface area contributed by atoms with Crippen LogP contribution in [0.2, 0.25) is 0 Å². The van der Waals surface area contributed by atoms with Crippen LogP contribution in [0.1, 0.15) is 22.3 Å². The molecule has 0 aromatic heterocycles. The second-order valence-electron chi connectivity index (χ2n) is 10.5. The fourth-order valence-electron chi connectivity index (χ4n) is 5.02. The van der Waals surface area contributed by atoms with Gasteiger partial charge in [-0.3, -0.25) is 0 Å². The van der Waals surface area contributed by atoms with Crippen LogP contribution in [-0.2, 0) is 12.8 Å². The first kappa shape index (κ1) is 25.5. The molecule has 16 heterocycles. The molecule has 200 valence electrons. The first-order valence-electron chi connectivity index (χ1n) is 14.1. The maximum atomic E-state index is 4.79. The zero-order valence-corrected chi connectivity index (χ0v) is 23.1. The highest BCUT2D eigenvalue weighted by Crippen LogP contribution is 2.19. The van der Waals surface area contributed by atoms with Crippen LogP contribution in [0, 0.1) is 0 Å². The average molecular weight is 541 g/mol. The van der Waals surface area contributed by atoms with E-state index in [2.05, 4.69) is 97.1 Å². The number of benzene rings is 6. The topological polar surface area (TPSA) is 49.4 Å². The Labute approximate surface area is 244 Å². The summed E-state index contributed by atoms with van der Waals surface area (Å²) in [5, 5.41) is 3.63. The van der Waals surface area contributed by atoms with Crippen molar-refractivity contribution in [1.82, 2.24) is 0 Å². The van der Waals surface area contributed by atoms with E-state index in [4.69, 9.17) is 20.0 Å². The van der Waals surface area contributed by atoms with Gasteiger partial charge in [0.1, 0.15) is 0 Å². The molecule has 16 aliphatic rings. The highest BCUT2D eigenvalue weighted by atomic mass is 14.7. The molecule has 0 N–H and O–H groups in total. The molecule has 0 atom stereocenters. The predicted octanol–water partition coefficient (Wildman–Crippen LogP) is 6.99. The largest absolute Gasteiger partial charge is 0.249 e. The van der Waals surface area contributed by atoms with Gasteiger partial charge in [-0.1, -0.05) is 48.5 Å². The summed E-state index contributed by atoms with van der Waals surface area (Å²) in [6, 6.07) is 49.8. The van der Waals surface area contributed by atoms with Gasteiger partial charge in [0.05, 0.1) is 44.2 Å². The van der Waals surface area contributed by atoms with E-state index < -0.39 is 0 Å². The number of hydrogen-bond donors (Lipinski definition) is 0. The lowest BCUT2D eigenvalue weighted by Gasteiger charge is -2.04. The Hall–Kier alpha value is -5.48. The second-order valence-corrected chi connectivity index (χ2v) is 10.5. The van der Waals surface area contributed by atoms with E-state index in [-0.39, 0.29) is 0 Å². The standard InChI is InChI=1S/C38H28N4/c1-9-31-10-2-27(1)25-28-3-11-32(12-4-28)40-37-21-23-38(24-22-37)42-34-15-7-30(8-16-34)26-29-5-13-33(14-6-29)41-36-19-17-35(39-31)18-20-36/h1-24H,25-26H2. The maximum Gasteiger partial charge on any atom is 0.0638 e. The van der Waals surface area contributed by atoms with E-state index in [0.29, 0.717) is 0 Å². The van der Waals surface area contributed by atoms with Crippen molar-refractivity contribution >= 4 is 22.7 Å². The van der Waals surface area contributed by atoms with E-state index in [9.17, 15) is 0 Å². The Morgan fingerprint density at radius 3 is 0.619 bits per heavy atom. The molecule has 22 rings (SSSR count). The fraction of sp³-hybridized carbons (Fsp3) is 0.0526. The molecule has 16 aliphatic heterocycles. The van der Waals surface area contributed by atoms with Crippen molar-refractivity contribution in [3.05, 3.63) is 189 Å². The third kappa shape index (κ3) is 6.29. The smallest absolute Gasteiger partial charge is 0.0638 e. The van der Waals surface area contributed by atoms with Gasteiger partial charge in [0.15, 0.2) is 0 Å². The molecule has 0 amide bonds. The molecule has 6 aromatic rings. The fourth-order valence-corrected chi connectivity index (χ4v) is 5.02. The van der Waals surface area contributed by atoms with Gasteiger partial charge in [-0.05, 0) is 132 Å². The van der Waals surface area contributed by atoms with Gasteiger partial charge in [-0.2, -0.15) is 0 Å². The Bertz CT molecular complexity index is 1740. The van der Waals surface area contributed by atoms with Crippen LogP contribution in [0.15, 0.2) is 166 Å². The van der Waals surface area contributed by atoms with Crippen molar-refractivity contribution in [1.29, 1.82) is 0 Å². The number of rotatable bonds is 0. The molecular formula is C38H28N4. The molecule has 0 saturated heterocycles.